The molecule has 1 amide bonds. The number of piperidine rings is 1. The van der Waals surface area contributed by atoms with Gasteiger partial charge in [0.15, 0.2) is 0 Å². The third kappa shape index (κ3) is 2.42. The Labute approximate surface area is 78.7 Å². The molecule has 1 heterocycles. The monoisotopic (exact) mass is 186 g/mol. The SMILES string of the molecule is C[C@H](N)C(=O)N1CC[C@@H](O)[C@@H](C)C1. The van der Waals surface area contributed by atoms with Crippen molar-refractivity contribution in [1.82, 2.24) is 4.90 Å². The summed E-state index contributed by atoms with van der Waals surface area (Å²) in [5.74, 6) is 0.148. The van der Waals surface area contributed by atoms with Crippen LogP contribution in [0.3, 0.4) is 0 Å². The summed E-state index contributed by atoms with van der Waals surface area (Å²) in [5, 5.41) is 9.45. The number of nitrogens with two attached hydrogens (primary N) is 1. The normalized spacial score (nSPS) is 31.5. The van der Waals surface area contributed by atoms with E-state index in [1.165, 1.54) is 0 Å². The minimum atomic E-state index is -0.428. The van der Waals surface area contributed by atoms with Crippen molar-refractivity contribution >= 4 is 5.91 Å². The van der Waals surface area contributed by atoms with Gasteiger partial charge in [-0.1, -0.05) is 6.92 Å². The van der Waals surface area contributed by atoms with Gasteiger partial charge in [-0.25, -0.2) is 0 Å². The maximum absolute atomic E-state index is 11.5. The highest BCUT2D eigenvalue weighted by atomic mass is 16.3. The number of carbonyl (C=O) groups is 1. The predicted molar refractivity (Wildman–Crippen MR) is 50.0 cm³/mol. The highest BCUT2D eigenvalue weighted by molar-refractivity contribution is 5.81. The van der Waals surface area contributed by atoms with E-state index in [1.54, 1.807) is 11.8 Å². The van der Waals surface area contributed by atoms with E-state index in [4.69, 9.17) is 5.73 Å². The average molecular weight is 186 g/mol. The lowest BCUT2D eigenvalue weighted by Crippen LogP contribution is -2.49. The number of nitrogens with zero attached hydrogens (tertiary/aromatic N) is 1. The molecule has 4 nitrogen and oxygen atoms in total. The number of amides is 1. The Morgan fingerprint density at radius 3 is 2.77 bits per heavy atom. The Balaban J connectivity index is 2.50. The number of hydrogen-bond donors (Lipinski definition) is 2. The van der Waals surface area contributed by atoms with Crippen LogP contribution in [0.1, 0.15) is 20.3 Å². The minimum absolute atomic E-state index is 0.0150. The van der Waals surface area contributed by atoms with Crippen LogP contribution in [0.5, 0.6) is 0 Å². The smallest absolute Gasteiger partial charge is 0.239 e. The second kappa shape index (κ2) is 4.07. The summed E-state index contributed by atoms with van der Waals surface area (Å²) in [4.78, 5) is 13.2. The van der Waals surface area contributed by atoms with Crippen molar-refractivity contribution in [3.05, 3.63) is 0 Å². The summed E-state index contributed by atoms with van der Waals surface area (Å²) in [5.41, 5.74) is 5.49. The van der Waals surface area contributed by atoms with Gasteiger partial charge < -0.3 is 15.7 Å². The Morgan fingerprint density at radius 2 is 2.31 bits per heavy atom. The van der Waals surface area contributed by atoms with Crippen LogP contribution < -0.4 is 5.73 Å². The molecule has 3 atom stereocenters. The Morgan fingerprint density at radius 1 is 1.69 bits per heavy atom. The zero-order valence-corrected chi connectivity index (χ0v) is 8.23. The molecule has 0 radical (unpaired) electrons. The molecule has 0 aliphatic carbocycles. The van der Waals surface area contributed by atoms with E-state index in [9.17, 15) is 9.90 Å². The zero-order valence-electron chi connectivity index (χ0n) is 8.23. The van der Waals surface area contributed by atoms with Crippen molar-refractivity contribution in [2.24, 2.45) is 11.7 Å². The molecule has 0 unspecified atom stereocenters. The average Bonchev–Trinajstić information content (AvgIpc) is 2.08. The van der Waals surface area contributed by atoms with Gasteiger partial charge in [0.2, 0.25) is 5.91 Å². The second-order valence-corrected chi connectivity index (χ2v) is 3.91. The number of rotatable bonds is 1. The highest BCUT2D eigenvalue weighted by Gasteiger charge is 2.28. The molecule has 0 aromatic rings. The third-order valence-electron chi connectivity index (χ3n) is 2.56. The van der Waals surface area contributed by atoms with Crippen molar-refractivity contribution in [3.8, 4) is 0 Å². The first kappa shape index (κ1) is 10.5. The van der Waals surface area contributed by atoms with Crippen molar-refractivity contribution in [3.63, 3.8) is 0 Å². The number of carbonyl (C=O) groups excluding carboxylic acids is 1. The summed E-state index contributed by atoms with van der Waals surface area (Å²) in [6, 6.07) is -0.428. The lowest BCUT2D eigenvalue weighted by Gasteiger charge is -2.35. The molecular formula is C9H18N2O2. The Bertz CT molecular complexity index is 194. The lowest BCUT2D eigenvalue weighted by atomic mass is 9.96. The van der Waals surface area contributed by atoms with E-state index in [1.807, 2.05) is 6.92 Å². The number of likely N-dealkylation sites (tertiary alicyclic amines) is 1. The van der Waals surface area contributed by atoms with Gasteiger partial charge in [0.1, 0.15) is 0 Å². The summed E-state index contributed by atoms with van der Waals surface area (Å²) in [6.07, 6.45) is 0.400. The predicted octanol–water partition coefficient (Wildman–Crippen LogP) is -0.437. The fraction of sp³-hybridized carbons (Fsp3) is 0.889. The lowest BCUT2D eigenvalue weighted by molar-refractivity contribution is -0.135. The molecule has 0 spiro atoms. The van der Waals surface area contributed by atoms with Gasteiger partial charge in [0.25, 0.3) is 0 Å². The largest absolute Gasteiger partial charge is 0.393 e. The molecular weight excluding hydrogens is 168 g/mol. The molecule has 1 saturated heterocycles. The zero-order chi connectivity index (χ0) is 10.0. The molecule has 1 fully saturated rings. The van der Waals surface area contributed by atoms with E-state index >= 15 is 0 Å². The number of hydrogen-bond acceptors (Lipinski definition) is 3. The van der Waals surface area contributed by atoms with Crippen molar-refractivity contribution in [2.45, 2.75) is 32.4 Å². The van der Waals surface area contributed by atoms with Crippen LogP contribution in [0.4, 0.5) is 0 Å². The number of aliphatic hydroxyl groups is 1. The molecule has 76 valence electrons. The first-order valence-electron chi connectivity index (χ1n) is 4.74. The maximum atomic E-state index is 11.5. The van der Waals surface area contributed by atoms with E-state index in [0.717, 1.165) is 0 Å². The molecule has 0 bridgehead atoms. The van der Waals surface area contributed by atoms with Gasteiger partial charge in [-0.15, -0.1) is 0 Å². The fourth-order valence-corrected chi connectivity index (χ4v) is 1.62. The fourth-order valence-electron chi connectivity index (χ4n) is 1.62. The first-order valence-corrected chi connectivity index (χ1v) is 4.74. The van der Waals surface area contributed by atoms with Gasteiger partial charge >= 0.3 is 0 Å². The van der Waals surface area contributed by atoms with Gasteiger partial charge in [0.05, 0.1) is 12.1 Å². The molecule has 0 aromatic heterocycles. The highest BCUT2D eigenvalue weighted by Crippen LogP contribution is 2.16. The molecule has 1 rings (SSSR count). The van der Waals surface area contributed by atoms with Crippen LogP contribution in [0.15, 0.2) is 0 Å². The van der Waals surface area contributed by atoms with Gasteiger partial charge in [-0.2, -0.15) is 0 Å². The van der Waals surface area contributed by atoms with Crippen LogP contribution in [0, 0.1) is 5.92 Å². The van der Waals surface area contributed by atoms with E-state index < -0.39 is 6.04 Å². The summed E-state index contributed by atoms with van der Waals surface area (Å²) in [7, 11) is 0. The van der Waals surface area contributed by atoms with Crippen LogP contribution in [0.2, 0.25) is 0 Å². The van der Waals surface area contributed by atoms with Crippen molar-refractivity contribution < 1.29 is 9.90 Å². The summed E-state index contributed by atoms with van der Waals surface area (Å²) in [6.45, 7) is 4.90. The van der Waals surface area contributed by atoms with E-state index in [2.05, 4.69) is 0 Å². The van der Waals surface area contributed by atoms with Crippen molar-refractivity contribution in [1.29, 1.82) is 0 Å². The van der Waals surface area contributed by atoms with E-state index in [0.29, 0.717) is 19.5 Å². The van der Waals surface area contributed by atoms with Crippen LogP contribution in [-0.4, -0.2) is 41.1 Å². The Kier molecular flexibility index (Phi) is 3.27. The minimum Gasteiger partial charge on any atom is -0.393 e. The van der Waals surface area contributed by atoms with E-state index in [-0.39, 0.29) is 17.9 Å². The molecule has 0 aromatic carbocycles. The van der Waals surface area contributed by atoms with Gasteiger partial charge in [-0.3, -0.25) is 4.79 Å². The quantitative estimate of drug-likeness (QED) is 0.583. The van der Waals surface area contributed by atoms with Crippen LogP contribution in [-0.2, 0) is 4.79 Å². The molecule has 0 saturated carbocycles. The Hall–Kier alpha value is -0.610. The van der Waals surface area contributed by atoms with Crippen LogP contribution >= 0.6 is 0 Å². The molecule has 1 aliphatic rings. The third-order valence-corrected chi connectivity index (χ3v) is 2.56. The summed E-state index contributed by atoms with van der Waals surface area (Å²) < 4.78 is 0. The standard InChI is InChI=1S/C9H18N2O2/c1-6-5-11(4-3-8(6)12)9(13)7(2)10/h6-8,12H,3-5,10H2,1-2H3/t6-,7-,8+/m0/s1. The van der Waals surface area contributed by atoms with Gasteiger partial charge in [0, 0.05) is 13.1 Å². The number of aliphatic hydroxyl groups excluding tert-OH is 1. The summed E-state index contributed by atoms with van der Waals surface area (Å²) >= 11 is 0. The molecule has 3 N–H and O–H groups in total. The second-order valence-electron chi connectivity index (χ2n) is 3.91. The van der Waals surface area contributed by atoms with Crippen LogP contribution in [0.25, 0.3) is 0 Å². The molecule has 4 heteroatoms. The van der Waals surface area contributed by atoms with Gasteiger partial charge in [-0.05, 0) is 19.3 Å². The molecule has 13 heavy (non-hydrogen) atoms. The maximum Gasteiger partial charge on any atom is 0.239 e. The first-order chi connectivity index (χ1) is 6.02. The topological polar surface area (TPSA) is 66.6 Å². The van der Waals surface area contributed by atoms with Crippen molar-refractivity contribution in [2.75, 3.05) is 13.1 Å². The molecule has 1 aliphatic heterocycles.